The molecule has 2 aliphatic heterocycles. The van der Waals surface area contributed by atoms with E-state index in [4.69, 9.17) is 0 Å². The Morgan fingerprint density at radius 2 is 1.95 bits per heavy atom. The van der Waals surface area contributed by atoms with Crippen molar-refractivity contribution in [3.05, 3.63) is 29.3 Å². The Balaban J connectivity index is 1.94. The van der Waals surface area contributed by atoms with Crippen LogP contribution in [0.1, 0.15) is 55.5 Å². The van der Waals surface area contributed by atoms with Gasteiger partial charge in [0.2, 0.25) is 0 Å². The molecule has 0 saturated carbocycles. The van der Waals surface area contributed by atoms with Gasteiger partial charge in [-0.15, -0.1) is 0 Å². The fourth-order valence-corrected chi connectivity index (χ4v) is 3.65. The van der Waals surface area contributed by atoms with Crippen molar-refractivity contribution < 1.29 is 4.79 Å². The highest BCUT2D eigenvalue weighted by atomic mass is 16.2. The van der Waals surface area contributed by atoms with Crippen LogP contribution < -0.4 is 5.32 Å². The Hall–Kier alpha value is -1.51. The van der Waals surface area contributed by atoms with Gasteiger partial charge < -0.3 is 10.2 Å². The minimum absolute atomic E-state index is 0.205. The van der Waals surface area contributed by atoms with E-state index in [2.05, 4.69) is 30.1 Å². The molecule has 1 fully saturated rings. The largest absolute Gasteiger partial charge is 0.384 e. The minimum atomic E-state index is 0.205. The molecule has 1 N–H and O–H groups in total. The number of nitrogens with zero attached hydrogens (tertiary/aromatic N) is 1. The number of likely N-dealkylation sites (tertiary alicyclic amines) is 1. The molecule has 2 unspecified atom stereocenters. The summed E-state index contributed by atoms with van der Waals surface area (Å²) in [5.74, 6) is 0.205. The number of amides is 1. The summed E-state index contributed by atoms with van der Waals surface area (Å²) in [7, 11) is 0. The fraction of sp³-hybridized carbons (Fsp3) is 0.588. The van der Waals surface area contributed by atoms with Gasteiger partial charge in [-0.05, 0) is 57.6 Å². The van der Waals surface area contributed by atoms with E-state index in [1.165, 1.54) is 12.0 Å². The lowest BCUT2D eigenvalue weighted by molar-refractivity contribution is 0.0511. The van der Waals surface area contributed by atoms with Gasteiger partial charge in [0.15, 0.2) is 0 Å². The summed E-state index contributed by atoms with van der Waals surface area (Å²) in [4.78, 5) is 15.1. The van der Waals surface area contributed by atoms with Crippen LogP contribution in [0.3, 0.4) is 0 Å². The Morgan fingerprint density at radius 3 is 2.70 bits per heavy atom. The van der Waals surface area contributed by atoms with E-state index in [0.29, 0.717) is 12.1 Å². The average Bonchev–Trinajstić information content (AvgIpc) is 2.46. The molecular weight excluding hydrogens is 248 g/mol. The maximum atomic E-state index is 13.0. The second-order valence-electron chi connectivity index (χ2n) is 6.21. The molecule has 1 amide bonds. The van der Waals surface area contributed by atoms with Crippen molar-refractivity contribution >= 4 is 11.6 Å². The number of aryl methyl sites for hydroxylation is 1. The van der Waals surface area contributed by atoms with Crippen molar-refractivity contribution in [2.75, 3.05) is 11.9 Å². The van der Waals surface area contributed by atoms with Crippen LogP contribution in [0.4, 0.5) is 5.69 Å². The summed E-state index contributed by atoms with van der Waals surface area (Å²) in [6.45, 7) is 5.33. The maximum Gasteiger partial charge on any atom is 0.256 e. The van der Waals surface area contributed by atoms with Gasteiger partial charge in [-0.3, -0.25) is 4.79 Å². The van der Waals surface area contributed by atoms with E-state index in [9.17, 15) is 4.79 Å². The molecule has 0 aliphatic carbocycles. The minimum Gasteiger partial charge on any atom is -0.384 e. The van der Waals surface area contributed by atoms with Crippen molar-refractivity contribution in [3.8, 4) is 0 Å². The molecule has 0 bridgehead atoms. The van der Waals surface area contributed by atoms with E-state index in [0.717, 1.165) is 43.5 Å². The summed E-state index contributed by atoms with van der Waals surface area (Å²) in [5.41, 5.74) is 3.23. The molecule has 0 aromatic heterocycles. The second kappa shape index (κ2) is 5.47. The third kappa shape index (κ3) is 2.30. The molecule has 2 atom stereocenters. The highest BCUT2D eigenvalue weighted by Crippen LogP contribution is 2.30. The monoisotopic (exact) mass is 272 g/mol. The van der Waals surface area contributed by atoms with Crippen LogP contribution in [0.25, 0.3) is 0 Å². The number of piperidine rings is 1. The van der Waals surface area contributed by atoms with E-state index >= 15 is 0 Å². The zero-order valence-corrected chi connectivity index (χ0v) is 12.5. The lowest BCUT2D eigenvalue weighted by atomic mass is 9.94. The predicted molar refractivity (Wildman–Crippen MR) is 82.2 cm³/mol. The fourth-order valence-electron chi connectivity index (χ4n) is 3.65. The Morgan fingerprint density at radius 1 is 1.20 bits per heavy atom. The summed E-state index contributed by atoms with van der Waals surface area (Å²) < 4.78 is 0. The lowest BCUT2D eigenvalue weighted by Gasteiger charge is -2.39. The van der Waals surface area contributed by atoms with Crippen molar-refractivity contribution in [1.82, 2.24) is 4.90 Å². The molecule has 108 valence electrons. The third-order valence-electron chi connectivity index (χ3n) is 4.73. The Labute approximate surface area is 121 Å². The average molecular weight is 272 g/mol. The van der Waals surface area contributed by atoms with E-state index in [1.54, 1.807) is 0 Å². The van der Waals surface area contributed by atoms with Gasteiger partial charge >= 0.3 is 0 Å². The number of hydrogen-bond acceptors (Lipinski definition) is 2. The summed E-state index contributed by atoms with van der Waals surface area (Å²) in [6, 6.07) is 6.85. The SMILES string of the molecule is CC1CCCC(C)N1C(=O)c1cccc2c1NCCC2. The molecular formula is C17H24N2O. The zero-order valence-electron chi connectivity index (χ0n) is 12.5. The number of rotatable bonds is 1. The Bertz CT molecular complexity index is 502. The zero-order chi connectivity index (χ0) is 14.1. The van der Waals surface area contributed by atoms with Gasteiger partial charge in [-0.2, -0.15) is 0 Å². The number of benzene rings is 1. The van der Waals surface area contributed by atoms with Crippen molar-refractivity contribution in [3.63, 3.8) is 0 Å². The molecule has 1 aromatic rings. The van der Waals surface area contributed by atoms with Crippen molar-refractivity contribution in [2.24, 2.45) is 0 Å². The quantitative estimate of drug-likeness (QED) is 0.849. The molecule has 1 saturated heterocycles. The first-order valence-electron chi connectivity index (χ1n) is 7.87. The second-order valence-corrected chi connectivity index (χ2v) is 6.21. The Kier molecular flexibility index (Phi) is 3.68. The molecule has 0 spiro atoms. The van der Waals surface area contributed by atoms with Crippen molar-refractivity contribution in [2.45, 2.75) is 58.0 Å². The van der Waals surface area contributed by atoms with Crippen LogP contribution >= 0.6 is 0 Å². The first-order valence-corrected chi connectivity index (χ1v) is 7.87. The first-order chi connectivity index (χ1) is 9.68. The van der Waals surface area contributed by atoms with E-state index in [-0.39, 0.29) is 5.91 Å². The molecule has 0 radical (unpaired) electrons. The van der Waals surface area contributed by atoms with Crippen molar-refractivity contribution in [1.29, 1.82) is 0 Å². The smallest absolute Gasteiger partial charge is 0.256 e. The van der Waals surface area contributed by atoms with Crippen LogP contribution in [0.2, 0.25) is 0 Å². The van der Waals surface area contributed by atoms with Gasteiger partial charge in [-0.25, -0.2) is 0 Å². The molecule has 3 heteroatoms. The number of carbonyl (C=O) groups excluding carboxylic acids is 1. The number of para-hydroxylation sites is 1. The van der Waals surface area contributed by atoms with E-state index in [1.807, 2.05) is 12.1 Å². The third-order valence-corrected chi connectivity index (χ3v) is 4.73. The molecule has 20 heavy (non-hydrogen) atoms. The maximum absolute atomic E-state index is 13.0. The summed E-state index contributed by atoms with van der Waals surface area (Å²) in [6.07, 6.45) is 5.71. The number of hydrogen-bond donors (Lipinski definition) is 1. The first kappa shape index (κ1) is 13.5. The standard InChI is InChI=1S/C17H24N2O/c1-12-6-3-7-13(2)19(12)17(20)15-10-4-8-14-9-5-11-18-16(14)15/h4,8,10,12-13,18H,3,5-7,9,11H2,1-2H3. The van der Waals surface area contributed by atoms with Crippen LogP contribution in [0.15, 0.2) is 18.2 Å². The number of anilines is 1. The normalized spacial score (nSPS) is 25.8. The molecule has 2 aliphatic rings. The van der Waals surface area contributed by atoms with Gasteiger partial charge in [0.05, 0.1) is 11.3 Å². The van der Waals surface area contributed by atoms with Crippen LogP contribution in [0.5, 0.6) is 0 Å². The number of nitrogens with one attached hydrogen (secondary N) is 1. The van der Waals surface area contributed by atoms with Gasteiger partial charge in [-0.1, -0.05) is 12.1 Å². The number of carbonyl (C=O) groups is 1. The number of fused-ring (bicyclic) bond motifs is 1. The van der Waals surface area contributed by atoms with Crippen LogP contribution in [-0.2, 0) is 6.42 Å². The summed E-state index contributed by atoms with van der Waals surface area (Å²) >= 11 is 0. The molecule has 2 heterocycles. The molecule has 3 nitrogen and oxygen atoms in total. The predicted octanol–water partition coefficient (Wildman–Crippen LogP) is 3.45. The highest BCUT2D eigenvalue weighted by Gasteiger charge is 2.31. The van der Waals surface area contributed by atoms with Gasteiger partial charge in [0.1, 0.15) is 0 Å². The van der Waals surface area contributed by atoms with Gasteiger partial charge in [0, 0.05) is 18.6 Å². The lowest BCUT2D eigenvalue weighted by Crippen LogP contribution is -2.47. The van der Waals surface area contributed by atoms with Gasteiger partial charge in [0.25, 0.3) is 5.91 Å². The molecule has 3 rings (SSSR count). The van der Waals surface area contributed by atoms with Crippen LogP contribution in [0, 0.1) is 0 Å². The van der Waals surface area contributed by atoms with Crippen LogP contribution in [-0.4, -0.2) is 29.4 Å². The summed E-state index contributed by atoms with van der Waals surface area (Å²) in [5, 5.41) is 3.43. The molecule has 1 aromatic carbocycles. The van der Waals surface area contributed by atoms with E-state index < -0.39 is 0 Å². The topological polar surface area (TPSA) is 32.3 Å². The highest BCUT2D eigenvalue weighted by molar-refractivity contribution is 6.00.